The van der Waals surface area contributed by atoms with Crippen molar-refractivity contribution < 1.29 is 0 Å². The molecule has 0 aliphatic heterocycles. The van der Waals surface area contributed by atoms with E-state index in [0.29, 0.717) is 4.47 Å². The number of aromatic nitrogens is 1. The first-order chi connectivity index (χ1) is 5.84. The van der Waals surface area contributed by atoms with Gasteiger partial charge in [0.25, 0.3) is 0 Å². The summed E-state index contributed by atoms with van der Waals surface area (Å²) < 4.78 is 0.626. The molecule has 0 N–H and O–H groups in total. The molecule has 0 aliphatic carbocycles. The fourth-order valence-electron chi connectivity index (χ4n) is 0.950. The van der Waals surface area contributed by atoms with Crippen LogP contribution in [0.2, 0.25) is 4.47 Å². The standard InChI is InChI=1S/C8H6ClNS2/c9-8-10-5-7(12-8)4-6-2-1-3-11-6/h1-3,5H,4H2. The van der Waals surface area contributed by atoms with Crippen molar-refractivity contribution in [1.82, 2.24) is 4.98 Å². The second-order valence-corrected chi connectivity index (χ2v) is 5.07. The van der Waals surface area contributed by atoms with Crippen molar-refractivity contribution in [3.05, 3.63) is 37.9 Å². The summed E-state index contributed by atoms with van der Waals surface area (Å²) in [5, 5.41) is 2.08. The van der Waals surface area contributed by atoms with Crippen molar-refractivity contribution in [3.8, 4) is 0 Å². The smallest absolute Gasteiger partial charge is 0.183 e. The molecule has 0 saturated carbocycles. The minimum atomic E-state index is 0.626. The third-order valence-corrected chi connectivity index (χ3v) is 3.45. The average Bonchev–Trinajstić information content (AvgIpc) is 2.63. The van der Waals surface area contributed by atoms with Crippen LogP contribution in [0.15, 0.2) is 23.7 Å². The highest BCUT2D eigenvalue weighted by molar-refractivity contribution is 7.16. The zero-order valence-corrected chi connectivity index (χ0v) is 8.55. The van der Waals surface area contributed by atoms with E-state index in [1.165, 1.54) is 9.75 Å². The zero-order valence-electron chi connectivity index (χ0n) is 6.16. The van der Waals surface area contributed by atoms with Gasteiger partial charge in [0.1, 0.15) is 0 Å². The zero-order chi connectivity index (χ0) is 8.39. The van der Waals surface area contributed by atoms with Gasteiger partial charge in [-0.25, -0.2) is 4.98 Å². The summed E-state index contributed by atoms with van der Waals surface area (Å²) in [6.45, 7) is 0. The van der Waals surface area contributed by atoms with Gasteiger partial charge in [-0.2, -0.15) is 0 Å². The molecule has 0 bridgehead atoms. The van der Waals surface area contributed by atoms with Crippen LogP contribution in [0, 0.1) is 0 Å². The molecule has 62 valence electrons. The topological polar surface area (TPSA) is 12.9 Å². The lowest BCUT2D eigenvalue weighted by Gasteiger charge is -1.89. The fraction of sp³-hybridized carbons (Fsp3) is 0.125. The summed E-state index contributed by atoms with van der Waals surface area (Å²) in [4.78, 5) is 6.57. The lowest BCUT2D eigenvalue weighted by atomic mass is 10.3. The fourth-order valence-corrected chi connectivity index (χ4v) is 2.77. The van der Waals surface area contributed by atoms with Crippen LogP contribution in [0.25, 0.3) is 0 Å². The van der Waals surface area contributed by atoms with Gasteiger partial charge in [-0.05, 0) is 11.4 Å². The number of hydrogen-bond acceptors (Lipinski definition) is 3. The Bertz CT molecular complexity index is 353. The lowest BCUT2D eigenvalue weighted by Crippen LogP contribution is -1.76. The van der Waals surface area contributed by atoms with Crippen LogP contribution in [0.1, 0.15) is 9.75 Å². The van der Waals surface area contributed by atoms with Crippen LogP contribution in [0.5, 0.6) is 0 Å². The molecule has 2 rings (SSSR count). The number of rotatable bonds is 2. The maximum Gasteiger partial charge on any atom is 0.183 e. The Balaban J connectivity index is 2.14. The number of thiophene rings is 1. The maximum absolute atomic E-state index is 5.71. The maximum atomic E-state index is 5.71. The highest BCUT2D eigenvalue weighted by Crippen LogP contribution is 2.22. The normalized spacial score (nSPS) is 10.4. The molecule has 0 aliphatic rings. The Kier molecular flexibility index (Phi) is 2.44. The molecule has 2 heterocycles. The van der Waals surface area contributed by atoms with Gasteiger partial charge in [0.2, 0.25) is 0 Å². The predicted molar refractivity (Wildman–Crippen MR) is 54.2 cm³/mol. The minimum absolute atomic E-state index is 0.626. The van der Waals surface area contributed by atoms with Crippen LogP contribution in [-0.2, 0) is 6.42 Å². The molecule has 0 fully saturated rings. The summed E-state index contributed by atoms with van der Waals surface area (Å²) in [6.07, 6.45) is 2.80. The van der Waals surface area contributed by atoms with E-state index in [2.05, 4.69) is 22.5 Å². The molecule has 0 radical (unpaired) electrons. The number of halogens is 1. The molecule has 0 saturated heterocycles. The van der Waals surface area contributed by atoms with Crippen molar-refractivity contribution in [2.75, 3.05) is 0 Å². The number of hydrogen-bond donors (Lipinski definition) is 0. The Morgan fingerprint density at radius 1 is 1.42 bits per heavy atom. The van der Waals surface area contributed by atoms with Crippen molar-refractivity contribution in [2.24, 2.45) is 0 Å². The van der Waals surface area contributed by atoms with E-state index in [9.17, 15) is 0 Å². The van der Waals surface area contributed by atoms with Crippen molar-refractivity contribution >= 4 is 34.3 Å². The van der Waals surface area contributed by atoms with E-state index in [4.69, 9.17) is 11.6 Å². The molecule has 2 aromatic heterocycles. The van der Waals surface area contributed by atoms with E-state index >= 15 is 0 Å². The Labute approximate surface area is 83.7 Å². The van der Waals surface area contributed by atoms with E-state index < -0.39 is 0 Å². The molecule has 0 unspecified atom stereocenters. The van der Waals surface area contributed by atoms with Gasteiger partial charge in [0.05, 0.1) is 0 Å². The van der Waals surface area contributed by atoms with Gasteiger partial charge in [-0.3, -0.25) is 0 Å². The summed E-state index contributed by atoms with van der Waals surface area (Å²) in [7, 11) is 0. The van der Waals surface area contributed by atoms with Crippen LogP contribution in [0.4, 0.5) is 0 Å². The molecule has 0 spiro atoms. The Morgan fingerprint density at radius 3 is 2.92 bits per heavy atom. The first kappa shape index (κ1) is 8.23. The first-order valence-electron chi connectivity index (χ1n) is 3.47. The summed E-state index contributed by atoms with van der Waals surface area (Å²) in [6, 6.07) is 4.18. The van der Waals surface area contributed by atoms with Crippen LogP contribution < -0.4 is 0 Å². The Morgan fingerprint density at radius 2 is 2.33 bits per heavy atom. The monoisotopic (exact) mass is 215 g/mol. The van der Waals surface area contributed by atoms with E-state index in [1.807, 2.05) is 6.20 Å². The molecule has 12 heavy (non-hydrogen) atoms. The van der Waals surface area contributed by atoms with Crippen molar-refractivity contribution in [2.45, 2.75) is 6.42 Å². The minimum Gasteiger partial charge on any atom is -0.233 e. The molecule has 2 aromatic rings. The predicted octanol–water partition coefficient (Wildman–Crippen LogP) is 3.45. The lowest BCUT2D eigenvalue weighted by molar-refractivity contribution is 1.26. The largest absolute Gasteiger partial charge is 0.233 e. The third kappa shape index (κ3) is 1.86. The van der Waals surface area contributed by atoms with Crippen LogP contribution in [-0.4, -0.2) is 4.98 Å². The van der Waals surface area contributed by atoms with E-state index in [-0.39, 0.29) is 0 Å². The molecule has 0 amide bonds. The molecular formula is C8H6ClNS2. The van der Waals surface area contributed by atoms with Gasteiger partial charge in [-0.15, -0.1) is 22.7 Å². The molecular weight excluding hydrogens is 210 g/mol. The average molecular weight is 216 g/mol. The van der Waals surface area contributed by atoms with Gasteiger partial charge in [0.15, 0.2) is 4.47 Å². The molecule has 1 nitrogen and oxygen atoms in total. The van der Waals surface area contributed by atoms with Crippen LogP contribution >= 0.6 is 34.3 Å². The summed E-state index contributed by atoms with van der Waals surface area (Å²) in [5.41, 5.74) is 0. The highest BCUT2D eigenvalue weighted by Gasteiger charge is 2.00. The quantitative estimate of drug-likeness (QED) is 0.748. The van der Waals surface area contributed by atoms with Gasteiger partial charge in [-0.1, -0.05) is 17.7 Å². The van der Waals surface area contributed by atoms with Gasteiger partial charge in [0, 0.05) is 22.4 Å². The van der Waals surface area contributed by atoms with E-state index in [1.54, 1.807) is 22.7 Å². The Hall–Kier alpha value is -0.380. The second-order valence-electron chi connectivity index (χ2n) is 2.34. The van der Waals surface area contributed by atoms with Crippen molar-refractivity contribution in [1.29, 1.82) is 0 Å². The molecule has 4 heteroatoms. The van der Waals surface area contributed by atoms with Crippen LogP contribution in [0.3, 0.4) is 0 Å². The van der Waals surface area contributed by atoms with Crippen molar-refractivity contribution in [3.63, 3.8) is 0 Å². The summed E-state index contributed by atoms with van der Waals surface area (Å²) in [5.74, 6) is 0. The first-order valence-corrected chi connectivity index (χ1v) is 5.54. The van der Waals surface area contributed by atoms with Gasteiger partial charge < -0.3 is 0 Å². The molecule has 0 atom stereocenters. The number of thiazole rings is 1. The number of nitrogens with zero attached hydrogens (tertiary/aromatic N) is 1. The third-order valence-electron chi connectivity index (χ3n) is 1.45. The van der Waals surface area contributed by atoms with Gasteiger partial charge >= 0.3 is 0 Å². The second kappa shape index (κ2) is 3.56. The summed E-state index contributed by atoms with van der Waals surface area (Å²) >= 11 is 9.02. The SMILES string of the molecule is Clc1ncc(Cc2cccs2)s1. The molecule has 0 aromatic carbocycles. The highest BCUT2D eigenvalue weighted by atomic mass is 35.5. The van der Waals surface area contributed by atoms with E-state index in [0.717, 1.165) is 6.42 Å².